The van der Waals surface area contributed by atoms with Crippen LogP contribution in [0.5, 0.6) is 0 Å². The molecule has 0 fully saturated rings. The Hall–Kier alpha value is -3.15. The summed E-state index contributed by atoms with van der Waals surface area (Å²) < 4.78 is 38.1. The van der Waals surface area contributed by atoms with Crippen LogP contribution in [-0.4, -0.2) is 21.4 Å². The Kier molecular flexibility index (Phi) is 4.99. The highest BCUT2D eigenvalue weighted by molar-refractivity contribution is 5.99. The Morgan fingerprint density at radius 1 is 1.33 bits per heavy atom. The van der Waals surface area contributed by atoms with Gasteiger partial charge in [0, 0.05) is 6.20 Å². The second-order valence-corrected chi connectivity index (χ2v) is 4.82. The molecule has 0 atom stereocenters. The van der Waals surface area contributed by atoms with Gasteiger partial charge in [-0.05, 0) is 30.7 Å². The topological polar surface area (TPSA) is 83.1 Å². The van der Waals surface area contributed by atoms with Crippen LogP contribution in [-0.2, 0) is 17.5 Å². The van der Waals surface area contributed by atoms with Gasteiger partial charge in [0.1, 0.15) is 6.54 Å². The molecule has 0 spiro atoms. The average Bonchev–Trinajstić information content (AvgIpc) is 3.01. The van der Waals surface area contributed by atoms with E-state index in [0.29, 0.717) is 16.8 Å². The molecule has 0 radical (unpaired) electrons. The normalized spacial score (nSPS) is 11.9. The molecule has 0 bridgehead atoms. The molecule has 24 heavy (non-hydrogen) atoms. The predicted molar refractivity (Wildman–Crippen MR) is 78.7 cm³/mol. The Balaban J connectivity index is 1.96. The van der Waals surface area contributed by atoms with E-state index in [1.807, 2.05) is 6.07 Å². The fourth-order valence-electron chi connectivity index (χ4n) is 1.78. The van der Waals surface area contributed by atoms with Crippen molar-refractivity contribution < 1.29 is 18.0 Å². The smallest absolute Gasteiger partial charge is 0.271 e. The van der Waals surface area contributed by atoms with Crippen LogP contribution < -0.4 is 5.43 Å². The lowest BCUT2D eigenvalue weighted by atomic mass is 10.1. The lowest BCUT2D eigenvalue weighted by molar-refractivity contribution is -0.141. The summed E-state index contributed by atoms with van der Waals surface area (Å²) in [5.74, 6) is -0.611. The van der Waals surface area contributed by atoms with E-state index in [4.69, 9.17) is 5.26 Å². The molecule has 1 heterocycles. The molecular weight excluding hydrogens is 323 g/mol. The summed E-state index contributed by atoms with van der Waals surface area (Å²) >= 11 is 0. The summed E-state index contributed by atoms with van der Waals surface area (Å²) in [5.41, 5.74) is 2.87. The van der Waals surface area contributed by atoms with E-state index >= 15 is 0 Å². The van der Waals surface area contributed by atoms with Crippen LogP contribution in [0.3, 0.4) is 0 Å². The SMILES string of the molecule is C/C(=N\NC(=O)Cn1ccc(C(F)(F)F)n1)c1ccc(C#N)cc1. The van der Waals surface area contributed by atoms with Crippen LogP contribution in [0, 0.1) is 11.3 Å². The molecule has 0 saturated heterocycles. The molecule has 1 aromatic heterocycles. The lowest BCUT2D eigenvalue weighted by Crippen LogP contribution is -2.24. The Labute approximate surface area is 135 Å². The molecule has 0 unspecified atom stereocenters. The number of nitrogens with zero attached hydrogens (tertiary/aromatic N) is 4. The number of amides is 1. The van der Waals surface area contributed by atoms with Crippen molar-refractivity contribution in [3.63, 3.8) is 0 Å². The molecule has 1 amide bonds. The van der Waals surface area contributed by atoms with Crippen molar-refractivity contribution in [3.8, 4) is 6.07 Å². The summed E-state index contributed by atoms with van der Waals surface area (Å²) in [5, 5.41) is 15.9. The van der Waals surface area contributed by atoms with E-state index in [9.17, 15) is 18.0 Å². The minimum absolute atomic E-state index is 0.389. The van der Waals surface area contributed by atoms with Gasteiger partial charge in [-0.15, -0.1) is 0 Å². The first-order valence-electron chi connectivity index (χ1n) is 6.74. The van der Waals surface area contributed by atoms with Crippen molar-refractivity contribution in [1.29, 1.82) is 5.26 Å². The Morgan fingerprint density at radius 3 is 2.54 bits per heavy atom. The van der Waals surface area contributed by atoms with Gasteiger partial charge in [-0.1, -0.05) is 12.1 Å². The molecule has 124 valence electrons. The van der Waals surface area contributed by atoms with Gasteiger partial charge in [-0.25, -0.2) is 5.43 Å². The maximum atomic E-state index is 12.4. The Bertz CT molecular complexity index is 800. The first-order chi connectivity index (χ1) is 11.3. The molecule has 1 N–H and O–H groups in total. The number of halogens is 3. The van der Waals surface area contributed by atoms with E-state index < -0.39 is 17.8 Å². The van der Waals surface area contributed by atoms with Crippen LogP contribution in [0.25, 0.3) is 0 Å². The number of carbonyl (C=O) groups excluding carboxylic acids is 1. The monoisotopic (exact) mass is 335 g/mol. The minimum atomic E-state index is -4.55. The predicted octanol–water partition coefficient (Wildman–Crippen LogP) is 2.31. The largest absolute Gasteiger partial charge is 0.435 e. The van der Waals surface area contributed by atoms with E-state index in [2.05, 4.69) is 15.6 Å². The fraction of sp³-hybridized carbons (Fsp3) is 0.200. The highest BCUT2D eigenvalue weighted by Gasteiger charge is 2.33. The van der Waals surface area contributed by atoms with Gasteiger partial charge in [0.2, 0.25) is 0 Å². The molecule has 1 aromatic carbocycles. The maximum Gasteiger partial charge on any atom is 0.435 e. The number of rotatable bonds is 4. The van der Waals surface area contributed by atoms with Gasteiger partial charge in [0.05, 0.1) is 17.3 Å². The third-order valence-electron chi connectivity index (χ3n) is 3.02. The second kappa shape index (κ2) is 6.95. The summed E-state index contributed by atoms with van der Waals surface area (Å²) in [6.45, 7) is 1.26. The minimum Gasteiger partial charge on any atom is -0.271 e. The van der Waals surface area contributed by atoms with Crippen LogP contribution in [0.15, 0.2) is 41.6 Å². The molecule has 0 saturated carbocycles. The van der Waals surface area contributed by atoms with E-state index in [-0.39, 0.29) is 6.54 Å². The molecule has 9 heteroatoms. The highest BCUT2D eigenvalue weighted by Crippen LogP contribution is 2.27. The van der Waals surface area contributed by atoms with Crippen LogP contribution in [0.2, 0.25) is 0 Å². The van der Waals surface area contributed by atoms with Crippen molar-refractivity contribution >= 4 is 11.6 Å². The first kappa shape index (κ1) is 17.2. The van der Waals surface area contributed by atoms with E-state index in [0.717, 1.165) is 16.9 Å². The fourth-order valence-corrected chi connectivity index (χ4v) is 1.78. The first-order valence-corrected chi connectivity index (χ1v) is 6.74. The zero-order chi connectivity index (χ0) is 17.7. The summed E-state index contributed by atoms with van der Waals surface area (Å²) in [6.07, 6.45) is -3.48. The zero-order valence-electron chi connectivity index (χ0n) is 12.5. The molecule has 2 aromatic rings. The van der Waals surface area contributed by atoms with Crippen LogP contribution in [0.1, 0.15) is 23.7 Å². The maximum absolute atomic E-state index is 12.4. The third kappa shape index (κ3) is 4.42. The van der Waals surface area contributed by atoms with Crippen molar-refractivity contribution in [2.24, 2.45) is 5.10 Å². The summed E-state index contributed by atoms with van der Waals surface area (Å²) in [4.78, 5) is 11.7. The van der Waals surface area contributed by atoms with Gasteiger partial charge in [0.25, 0.3) is 5.91 Å². The van der Waals surface area contributed by atoms with Gasteiger partial charge in [-0.2, -0.15) is 28.6 Å². The van der Waals surface area contributed by atoms with Gasteiger partial charge < -0.3 is 0 Å². The summed E-state index contributed by atoms with van der Waals surface area (Å²) in [7, 11) is 0. The number of benzene rings is 1. The summed E-state index contributed by atoms with van der Waals surface area (Å²) in [6, 6.07) is 9.34. The van der Waals surface area contributed by atoms with Crippen LogP contribution >= 0.6 is 0 Å². The standard InChI is InChI=1S/C15H12F3N5O/c1-10(12-4-2-11(8-19)3-5-12)20-21-14(24)9-23-7-6-13(22-23)15(16,17)18/h2-7H,9H2,1H3,(H,21,24)/b20-10+. The number of hydrogen-bond donors (Lipinski definition) is 1. The highest BCUT2D eigenvalue weighted by atomic mass is 19.4. The lowest BCUT2D eigenvalue weighted by Gasteiger charge is -2.04. The number of aromatic nitrogens is 2. The number of alkyl halides is 3. The molecule has 0 aliphatic carbocycles. The van der Waals surface area contributed by atoms with E-state index in [1.54, 1.807) is 31.2 Å². The molecule has 2 rings (SSSR count). The molecule has 0 aliphatic heterocycles. The van der Waals surface area contributed by atoms with Gasteiger partial charge >= 0.3 is 6.18 Å². The number of carbonyl (C=O) groups is 1. The molecule has 6 nitrogen and oxygen atoms in total. The molecule has 0 aliphatic rings. The second-order valence-electron chi connectivity index (χ2n) is 4.82. The van der Waals surface area contributed by atoms with Crippen molar-refractivity contribution in [1.82, 2.24) is 15.2 Å². The van der Waals surface area contributed by atoms with Crippen molar-refractivity contribution in [2.45, 2.75) is 19.6 Å². The van der Waals surface area contributed by atoms with Gasteiger partial charge in [0.15, 0.2) is 5.69 Å². The third-order valence-corrected chi connectivity index (χ3v) is 3.02. The number of nitrogens with one attached hydrogen (secondary N) is 1. The number of hydrogen-bond acceptors (Lipinski definition) is 4. The van der Waals surface area contributed by atoms with Crippen molar-refractivity contribution in [2.75, 3.05) is 0 Å². The Morgan fingerprint density at radius 2 is 2.00 bits per heavy atom. The molecular formula is C15H12F3N5O. The number of nitriles is 1. The van der Waals surface area contributed by atoms with Crippen molar-refractivity contribution in [3.05, 3.63) is 53.3 Å². The van der Waals surface area contributed by atoms with E-state index in [1.165, 1.54) is 0 Å². The quantitative estimate of drug-likeness (QED) is 0.687. The van der Waals surface area contributed by atoms with Crippen LogP contribution in [0.4, 0.5) is 13.2 Å². The zero-order valence-corrected chi connectivity index (χ0v) is 12.5. The average molecular weight is 335 g/mol. The number of hydrazone groups is 1. The van der Waals surface area contributed by atoms with Gasteiger partial charge in [-0.3, -0.25) is 9.48 Å².